The summed E-state index contributed by atoms with van der Waals surface area (Å²) in [5.41, 5.74) is 3.03. The average molecular weight is 193 g/mol. The van der Waals surface area contributed by atoms with E-state index < -0.39 is 0 Å². The van der Waals surface area contributed by atoms with Crippen molar-refractivity contribution in [3.63, 3.8) is 0 Å². The van der Waals surface area contributed by atoms with Crippen LogP contribution in [-0.4, -0.2) is 18.2 Å². The van der Waals surface area contributed by atoms with Crippen LogP contribution in [0.5, 0.6) is 0 Å². The van der Waals surface area contributed by atoms with Gasteiger partial charge in [-0.2, -0.15) is 5.10 Å². The van der Waals surface area contributed by atoms with E-state index >= 15 is 0 Å². The van der Waals surface area contributed by atoms with Gasteiger partial charge in [0.25, 0.3) is 0 Å². The van der Waals surface area contributed by atoms with Gasteiger partial charge in [0.05, 0.1) is 5.69 Å². The summed E-state index contributed by atoms with van der Waals surface area (Å²) in [7, 11) is 0. The third kappa shape index (κ3) is 2.78. The second kappa shape index (κ2) is 4.86. The topological polar surface area (TPSA) is 65.3 Å². The Morgan fingerprint density at radius 1 is 1.43 bits per heavy atom. The minimum atomic E-state index is -0.345. The summed E-state index contributed by atoms with van der Waals surface area (Å²) in [6.07, 6.45) is 1.27. The maximum atomic E-state index is 12.5. The van der Waals surface area contributed by atoms with E-state index in [2.05, 4.69) is 10.5 Å². The van der Waals surface area contributed by atoms with Gasteiger partial charge < -0.3 is 5.41 Å². The molecule has 14 heavy (non-hydrogen) atoms. The van der Waals surface area contributed by atoms with Gasteiger partial charge in [0.2, 0.25) is 0 Å². The zero-order chi connectivity index (χ0) is 10.4. The Balaban J connectivity index is 2.69. The number of halogens is 1. The van der Waals surface area contributed by atoms with Gasteiger partial charge in [-0.3, -0.25) is 10.2 Å². The van der Waals surface area contributed by atoms with Gasteiger partial charge in [0, 0.05) is 6.21 Å². The van der Waals surface area contributed by atoms with Crippen molar-refractivity contribution < 1.29 is 9.18 Å². The molecule has 0 spiro atoms. The lowest BCUT2D eigenvalue weighted by molar-refractivity contribution is -0.102. The van der Waals surface area contributed by atoms with Crippen LogP contribution in [-0.2, 0) is 4.79 Å². The number of anilines is 1. The minimum absolute atomic E-state index is 0.0330. The first-order valence-corrected chi connectivity index (χ1v) is 3.81. The molecule has 72 valence electrons. The zero-order valence-corrected chi connectivity index (χ0v) is 7.20. The first-order valence-electron chi connectivity index (χ1n) is 3.81. The third-order valence-electron chi connectivity index (χ3n) is 1.43. The van der Waals surface area contributed by atoms with Crippen LogP contribution in [0, 0.1) is 11.2 Å². The molecule has 0 aliphatic heterocycles. The molecule has 0 amide bonds. The summed E-state index contributed by atoms with van der Waals surface area (Å²) in [5, 5.41) is 10.4. The van der Waals surface area contributed by atoms with E-state index in [0.717, 1.165) is 6.21 Å². The molecule has 0 aromatic heterocycles. The molecule has 0 aliphatic carbocycles. The maximum absolute atomic E-state index is 12.5. The molecule has 0 saturated heterocycles. The van der Waals surface area contributed by atoms with E-state index in [1.807, 2.05) is 0 Å². The quantitative estimate of drug-likeness (QED) is 0.431. The predicted molar refractivity (Wildman–Crippen MR) is 52.3 cm³/mol. The van der Waals surface area contributed by atoms with Crippen LogP contribution in [0.1, 0.15) is 0 Å². The Morgan fingerprint density at radius 2 is 2.07 bits per heavy atom. The number of rotatable bonds is 4. The molecule has 0 unspecified atom stereocenters. The van der Waals surface area contributed by atoms with Crippen molar-refractivity contribution in [2.75, 3.05) is 5.43 Å². The van der Waals surface area contributed by atoms with Crippen LogP contribution in [0.2, 0.25) is 0 Å². The van der Waals surface area contributed by atoms with Crippen molar-refractivity contribution in [1.82, 2.24) is 0 Å². The van der Waals surface area contributed by atoms with Crippen molar-refractivity contribution in [3.05, 3.63) is 30.1 Å². The third-order valence-corrected chi connectivity index (χ3v) is 1.43. The number of benzene rings is 1. The number of carbonyl (C=O) groups is 1. The maximum Gasteiger partial charge on any atom is 0.171 e. The number of aldehydes is 1. The van der Waals surface area contributed by atoms with Crippen molar-refractivity contribution in [1.29, 1.82) is 5.41 Å². The van der Waals surface area contributed by atoms with Crippen LogP contribution >= 0.6 is 0 Å². The van der Waals surface area contributed by atoms with Gasteiger partial charge >= 0.3 is 0 Å². The molecule has 1 rings (SSSR count). The van der Waals surface area contributed by atoms with E-state index in [1.165, 1.54) is 24.3 Å². The molecule has 0 heterocycles. The Kier molecular flexibility index (Phi) is 3.49. The minimum Gasteiger partial charge on any atom is -0.306 e. The van der Waals surface area contributed by atoms with Crippen LogP contribution in [0.3, 0.4) is 0 Å². The fourth-order valence-corrected chi connectivity index (χ4v) is 0.746. The fraction of sp³-hybridized carbons (Fsp3) is 0. The van der Waals surface area contributed by atoms with Gasteiger partial charge in [-0.15, -0.1) is 0 Å². The molecule has 1 aromatic rings. The molecular formula is C9H8FN3O. The van der Waals surface area contributed by atoms with Crippen molar-refractivity contribution >= 4 is 23.9 Å². The van der Waals surface area contributed by atoms with Crippen molar-refractivity contribution in [3.8, 4) is 0 Å². The summed E-state index contributed by atoms with van der Waals surface area (Å²) in [6, 6.07) is 5.49. The Labute approximate surface area is 80.0 Å². The number of carbonyl (C=O) groups excluding carboxylic acids is 1. The summed E-state index contributed by atoms with van der Waals surface area (Å²) < 4.78 is 12.5. The summed E-state index contributed by atoms with van der Waals surface area (Å²) in [4.78, 5) is 10.2. The van der Waals surface area contributed by atoms with Gasteiger partial charge in [-0.05, 0) is 24.3 Å². The monoisotopic (exact) mass is 193 g/mol. The van der Waals surface area contributed by atoms with E-state index in [0.29, 0.717) is 12.0 Å². The average Bonchev–Trinajstić information content (AvgIpc) is 2.22. The zero-order valence-electron chi connectivity index (χ0n) is 7.20. The molecule has 1 aromatic carbocycles. The lowest BCUT2D eigenvalue weighted by Gasteiger charge is -1.98. The summed E-state index contributed by atoms with van der Waals surface area (Å²) in [6.45, 7) is 0. The van der Waals surface area contributed by atoms with Crippen LogP contribution < -0.4 is 5.43 Å². The number of nitrogens with zero attached hydrogens (tertiary/aromatic N) is 1. The van der Waals surface area contributed by atoms with Gasteiger partial charge in [-0.25, -0.2) is 4.39 Å². The Hall–Kier alpha value is -2.04. The van der Waals surface area contributed by atoms with Gasteiger partial charge in [0.1, 0.15) is 11.5 Å². The molecule has 5 heteroatoms. The second-order valence-corrected chi connectivity index (χ2v) is 2.42. The Bertz CT molecular complexity index is 349. The van der Waals surface area contributed by atoms with E-state index in [9.17, 15) is 9.18 Å². The molecule has 0 atom stereocenters. The van der Waals surface area contributed by atoms with Crippen LogP contribution in [0.25, 0.3) is 0 Å². The lowest BCUT2D eigenvalue weighted by Crippen LogP contribution is -2.04. The normalized spacial score (nSPS) is 10.8. The fourth-order valence-electron chi connectivity index (χ4n) is 0.746. The van der Waals surface area contributed by atoms with Crippen LogP contribution in [0.15, 0.2) is 29.4 Å². The number of hydrazone groups is 1. The smallest absolute Gasteiger partial charge is 0.171 e. The van der Waals surface area contributed by atoms with Gasteiger partial charge in [-0.1, -0.05) is 0 Å². The van der Waals surface area contributed by atoms with E-state index in [1.54, 1.807) is 0 Å². The predicted octanol–water partition coefficient (Wildman–Crippen LogP) is 1.44. The number of hydrogen-bond donors (Lipinski definition) is 2. The van der Waals surface area contributed by atoms with Gasteiger partial charge in [0.15, 0.2) is 6.29 Å². The highest BCUT2D eigenvalue weighted by Crippen LogP contribution is 2.07. The van der Waals surface area contributed by atoms with Crippen LogP contribution in [0.4, 0.5) is 10.1 Å². The SMILES string of the molecule is N=C/C(C=O)=N\Nc1ccc(F)cc1. The first-order chi connectivity index (χ1) is 6.76. The molecule has 2 N–H and O–H groups in total. The highest BCUT2D eigenvalue weighted by Gasteiger charge is 1.92. The molecular weight excluding hydrogens is 185 g/mol. The lowest BCUT2D eigenvalue weighted by atomic mass is 10.3. The highest BCUT2D eigenvalue weighted by molar-refractivity contribution is 6.53. The van der Waals surface area contributed by atoms with E-state index in [-0.39, 0.29) is 11.5 Å². The largest absolute Gasteiger partial charge is 0.306 e. The Morgan fingerprint density at radius 3 is 2.57 bits per heavy atom. The molecule has 0 aliphatic rings. The molecule has 0 fully saturated rings. The highest BCUT2D eigenvalue weighted by atomic mass is 19.1. The number of nitrogens with one attached hydrogen (secondary N) is 2. The second-order valence-electron chi connectivity index (χ2n) is 2.42. The van der Waals surface area contributed by atoms with Crippen molar-refractivity contribution in [2.24, 2.45) is 5.10 Å². The summed E-state index contributed by atoms with van der Waals surface area (Å²) >= 11 is 0. The van der Waals surface area contributed by atoms with Crippen molar-refractivity contribution in [2.45, 2.75) is 0 Å². The first kappa shape index (κ1) is 10.0. The molecule has 0 radical (unpaired) electrons. The molecule has 0 bridgehead atoms. The molecule has 0 saturated carbocycles. The number of hydrogen-bond acceptors (Lipinski definition) is 4. The molecule has 4 nitrogen and oxygen atoms in total. The standard InChI is InChI=1S/C9H8FN3O/c10-7-1-3-8(4-2-7)12-13-9(5-11)6-14/h1-6,11-12H/b11-5?,13-9+. The van der Waals surface area contributed by atoms with E-state index in [4.69, 9.17) is 5.41 Å². The summed E-state index contributed by atoms with van der Waals surface area (Å²) in [5.74, 6) is -0.345.